The second kappa shape index (κ2) is 8.35. The molecule has 9 rings (SSSR count). The highest BCUT2D eigenvalue weighted by Crippen LogP contribution is 2.33. The zero-order valence-corrected chi connectivity index (χ0v) is 23.5. The monoisotopic (exact) mass is 553 g/mol. The van der Waals surface area contributed by atoms with Crippen LogP contribution < -0.4 is 31.6 Å². The standard InChI is InChI=1S/C38H23NO2Si/c40-37-27-17-7-9-20-32(27)39-33-22-30-26-16-8-10-21-34(26)42(24-12-3-1-4-13-24,25-14-5-2-6-15-25)35(30)23-31(33)38(41)29-19-11-18-28(37)36(29)39/h1-23H. The van der Waals surface area contributed by atoms with Gasteiger partial charge in [0.15, 0.2) is 18.9 Å². The van der Waals surface area contributed by atoms with Crippen molar-refractivity contribution in [1.29, 1.82) is 0 Å². The zero-order chi connectivity index (χ0) is 28.0. The summed E-state index contributed by atoms with van der Waals surface area (Å²) < 4.78 is 2.15. The first-order valence-corrected chi connectivity index (χ1v) is 16.2. The molecule has 0 fully saturated rings. The summed E-state index contributed by atoms with van der Waals surface area (Å²) in [5.41, 5.74) is 4.64. The van der Waals surface area contributed by atoms with E-state index in [1.807, 2.05) is 42.5 Å². The Morgan fingerprint density at radius 2 is 1.00 bits per heavy atom. The molecule has 1 aliphatic rings. The van der Waals surface area contributed by atoms with E-state index in [1.165, 1.54) is 26.3 Å². The highest BCUT2D eigenvalue weighted by atomic mass is 28.3. The molecular formula is C38H23NO2Si. The van der Waals surface area contributed by atoms with Gasteiger partial charge in [-0.05, 0) is 68.3 Å². The average Bonchev–Trinajstić information content (AvgIpc) is 3.35. The molecule has 0 saturated carbocycles. The molecule has 0 spiro atoms. The first-order valence-electron chi connectivity index (χ1n) is 14.2. The van der Waals surface area contributed by atoms with Crippen LogP contribution in [0.3, 0.4) is 0 Å². The Labute approximate surface area is 241 Å². The molecule has 0 aliphatic carbocycles. The number of para-hydroxylation sites is 2. The van der Waals surface area contributed by atoms with Crippen molar-refractivity contribution < 1.29 is 0 Å². The fourth-order valence-corrected chi connectivity index (χ4v) is 12.7. The molecule has 196 valence electrons. The van der Waals surface area contributed by atoms with Crippen LogP contribution in [0.5, 0.6) is 0 Å². The first-order chi connectivity index (χ1) is 20.7. The van der Waals surface area contributed by atoms with E-state index in [-0.39, 0.29) is 10.9 Å². The van der Waals surface area contributed by atoms with E-state index in [0.29, 0.717) is 27.1 Å². The number of nitrogens with zero attached hydrogens (tertiary/aromatic N) is 1. The van der Waals surface area contributed by atoms with Crippen molar-refractivity contribution in [1.82, 2.24) is 4.40 Å². The van der Waals surface area contributed by atoms with Crippen molar-refractivity contribution in [2.75, 3.05) is 0 Å². The van der Waals surface area contributed by atoms with Gasteiger partial charge in [0, 0.05) is 21.5 Å². The lowest BCUT2D eigenvalue weighted by molar-refractivity contribution is 1.31. The maximum atomic E-state index is 14.4. The molecule has 8 aromatic rings. The Bertz CT molecular complexity index is 2460. The van der Waals surface area contributed by atoms with E-state index in [1.54, 1.807) is 0 Å². The van der Waals surface area contributed by atoms with Gasteiger partial charge >= 0.3 is 0 Å². The molecular weight excluding hydrogens is 531 g/mol. The summed E-state index contributed by atoms with van der Waals surface area (Å²) in [6, 6.07) is 48.0. The summed E-state index contributed by atoms with van der Waals surface area (Å²) in [4.78, 5) is 28.0. The van der Waals surface area contributed by atoms with E-state index in [9.17, 15) is 9.59 Å². The van der Waals surface area contributed by atoms with Crippen molar-refractivity contribution in [3.63, 3.8) is 0 Å². The summed E-state index contributed by atoms with van der Waals surface area (Å²) in [6.07, 6.45) is 0. The Morgan fingerprint density at radius 3 is 1.71 bits per heavy atom. The highest BCUT2D eigenvalue weighted by Gasteiger charge is 2.48. The van der Waals surface area contributed by atoms with Gasteiger partial charge in [0.1, 0.15) is 0 Å². The number of hydrogen-bond donors (Lipinski definition) is 0. The molecule has 0 bridgehead atoms. The van der Waals surface area contributed by atoms with Gasteiger partial charge in [-0.2, -0.15) is 0 Å². The van der Waals surface area contributed by atoms with Crippen molar-refractivity contribution in [2.24, 2.45) is 0 Å². The van der Waals surface area contributed by atoms with Gasteiger partial charge < -0.3 is 4.40 Å². The summed E-state index contributed by atoms with van der Waals surface area (Å²) in [6.45, 7) is 0. The molecule has 6 aromatic carbocycles. The fourth-order valence-electron chi connectivity index (χ4n) is 7.52. The summed E-state index contributed by atoms with van der Waals surface area (Å²) >= 11 is 0. The molecule has 0 radical (unpaired) electrons. The number of pyridine rings is 2. The normalized spacial score (nSPS) is 13.6. The molecule has 0 atom stereocenters. The highest BCUT2D eigenvalue weighted by molar-refractivity contribution is 7.22. The topological polar surface area (TPSA) is 38.5 Å². The number of hydrogen-bond acceptors (Lipinski definition) is 2. The van der Waals surface area contributed by atoms with Crippen LogP contribution in [0.1, 0.15) is 0 Å². The molecule has 0 saturated heterocycles. The van der Waals surface area contributed by atoms with Gasteiger partial charge in [-0.25, -0.2) is 0 Å². The van der Waals surface area contributed by atoms with E-state index < -0.39 is 8.07 Å². The predicted molar refractivity (Wildman–Crippen MR) is 176 cm³/mol. The molecule has 42 heavy (non-hydrogen) atoms. The molecule has 2 aromatic heterocycles. The number of rotatable bonds is 2. The fraction of sp³-hybridized carbons (Fsp3) is 0. The summed E-state index contributed by atoms with van der Waals surface area (Å²) in [7, 11) is -2.74. The van der Waals surface area contributed by atoms with Crippen LogP contribution in [0.2, 0.25) is 0 Å². The van der Waals surface area contributed by atoms with Crippen molar-refractivity contribution >= 4 is 66.9 Å². The van der Waals surface area contributed by atoms with Gasteiger partial charge in [0.05, 0.1) is 16.6 Å². The van der Waals surface area contributed by atoms with Gasteiger partial charge in [-0.3, -0.25) is 9.59 Å². The first kappa shape index (κ1) is 23.4. The minimum absolute atomic E-state index is 0.0342. The Morgan fingerprint density at radius 1 is 0.429 bits per heavy atom. The van der Waals surface area contributed by atoms with Crippen LogP contribution in [-0.4, -0.2) is 12.5 Å². The molecule has 4 heteroatoms. The summed E-state index contributed by atoms with van der Waals surface area (Å²) in [5, 5.41) is 7.63. The maximum absolute atomic E-state index is 14.4. The van der Waals surface area contributed by atoms with E-state index in [0.717, 1.165) is 16.6 Å². The minimum Gasteiger partial charge on any atom is -0.307 e. The Kier molecular flexibility index (Phi) is 4.65. The van der Waals surface area contributed by atoms with Crippen molar-refractivity contribution in [3.8, 4) is 11.1 Å². The van der Waals surface area contributed by atoms with Gasteiger partial charge in [-0.1, -0.05) is 103 Å². The minimum atomic E-state index is -2.74. The van der Waals surface area contributed by atoms with Crippen molar-refractivity contribution in [3.05, 3.63) is 160 Å². The lowest BCUT2D eigenvalue weighted by Gasteiger charge is -2.31. The second-order valence-electron chi connectivity index (χ2n) is 11.2. The Hall–Kier alpha value is -5.32. The van der Waals surface area contributed by atoms with Crippen LogP contribution in [0, 0.1) is 0 Å². The smallest absolute Gasteiger partial charge is 0.197 e. The van der Waals surface area contributed by atoms with E-state index in [2.05, 4.69) is 101 Å². The molecule has 1 aliphatic heterocycles. The van der Waals surface area contributed by atoms with Crippen LogP contribution in [0.4, 0.5) is 0 Å². The largest absolute Gasteiger partial charge is 0.307 e. The average molecular weight is 554 g/mol. The van der Waals surface area contributed by atoms with E-state index >= 15 is 0 Å². The lowest BCUT2D eigenvalue weighted by atomic mass is 10.00. The van der Waals surface area contributed by atoms with Gasteiger partial charge in [0.25, 0.3) is 0 Å². The quantitative estimate of drug-likeness (QED) is 0.173. The van der Waals surface area contributed by atoms with Gasteiger partial charge in [0.2, 0.25) is 0 Å². The second-order valence-corrected chi connectivity index (χ2v) is 14.9. The third kappa shape index (κ3) is 2.79. The van der Waals surface area contributed by atoms with Crippen LogP contribution in [-0.2, 0) is 0 Å². The number of aromatic nitrogens is 1. The van der Waals surface area contributed by atoms with Gasteiger partial charge in [-0.15, -0.1) is 0 Å². The Balaban J connectivity index is 1.55. The van der Waals surface area contributed by atoms with Crippen LogP contribution in [0.15, 0.2) is 149 Å². The van der Waals surface area contributed by atoms with Crippen molar-refractivity contribution in [2.45, 2.75) is 0 Å². The molecule has 0 amide bonds. The SMILES string of the molecule is O=c1c2ccccc2n2c3cc4c(cc3c(=O)c3cccc1c32)[Si](c1ccccc1)(c1ccccc1)c1ccccc1-4. The van der Waals surface area contributed by atoms with E-state index in [4.69, 9.17) is 0 Å². The maximum Gasteiger partial charge on any atom is 0.197 e. The summed E-state index contributed by atoms with van der Waals surface area (Å²) in [5.74, 6) is 0. The molecule has 0 N–H and O–H groups in total. The molecule has 0 unspecified atom stereocenters. The van der Waals surface area contributed by atoms with Crippen LogP contribution in [0.25, 0.3) is 49.2 Å². The number of fused-ring (bicyclic) bond motifs is 7. The number of benzene rings is 6. The predicted octanol–water partition coefficient (Wildman–Crippen LogP) is 4.91. The lowest BCUT2D eigenvalue weighted by Crippen LogP contribution is -2.72. The van der Waals surface area contributed by atoms with Crippen LogP contribution >= 0.6 is 0 Å². The third-order valence-corrected chi connectivity index (χ3v) is 14.1. The zero-order valence-electron chi connectivity index (χ0n) is 22.5. The molecule has 3 heterocycles. The molecule has 3 nitrogen and oxygen atoms in total. The third-order valence-electron chi connectivity index (χ3n) is 9.20.